The van der Waals surface area contributed by atoms with Crippen molar-refractivity contribution in [2.45, 2.75) is 52.2 Å². The summed E-state index contributed by atoms with van der Waals surface area (Å²) in [5.41, 5.74) is 0.400. The topological polar surface area (TPSA) is 72.0 Å². The Balaban J connectivity index is 1.85. The molecule has 0 saturated carbocycles. The number of halogens is 1. The molecule has 1 aromatic heterocycles. The molecule has 0 unspecified atom stereocenters. The first-order valence-electron chi connectivity index (χ1n) is 10.5. The maximum atomic E-state index is 12.5. The highest BCUT2D eigenvalue weighted by Gasteiger charge is 2.26. The van der Waals surface area contributed by atoms with E-state index in [1.165, 1.54) is 19.3 Å². The van der Waals surface area contributed by atoms with Crippen molar-refractivity contribution in [2.24, 2.45) is 0 Å². The number of nitrogens with zero attached hydrogens (tertiary/aromatic N) is 3. The summed E-state index contributed by atoms with van der Waals surface area (Å²) in [4.78, 5) is 31.8. The molecule has 1 fully saturated rings. The summed E-state index contributed by atoms with van der Waals surface area (Å²) in [7, 11) is 0. The number of aromatic nitrogens is 1. The first kappa shape index (κ1) is 25.1. The van der Waals surface area contributed by atoms with Crippen molar-refractivity contribution in [3.63, 3.8) is 0 Å². The normalized spacial score (nSPS) is 15.1. The van der Waals surface area contributed by atoms with Gasteiger partial charge in [-0.2, -0.15) is 3.89 Å². The van der Waals surface area contributed by atoms with Crippen LogP contribution in [0.1, 0.15) is 45.6 Å². The first-order valence-corrected chi connectivity index (χ1v) is 11.4. The largest absolute Gasteiger partial charge is 0.473 e. The van der Waals surface area contributed by atoms with E-state index in [1.807, 2.05) is 12.1 Å². The number of carbonyl (C=O) groups is 2. The molecule has 0 spiro atoms. The highest BCUT2D eigenvalue weighted by molar-refractivity contribution is 7.95. The molecule has 1 saturated heterocycles. The molecule has 9 heteroatoms. The number of ether oxygens (including phenoxy) is 2. The fraction of sp³-hybridized carbons (Fsp3) is 0.591. The van der Waals surface area contributed by atoms with Gasteiger partial charge in [0.2, 0.25) is 11.8 Å². The Labute approximate surface area is 188 Å². The Morgan fingerprint density at radius 1 is 1.26 bits per heavy atom. The zero-order chi connectivity index (χ0) is 22.7. The maximum absolute atomic E-state index is 12.5. The van der Waals surface area contributed by atoms with Crippen LogP contribution < -0.4 is 4.74 Å². The number of amides is 2. The van der Waals surface area contributed by atoms with E-state index in [-0.39, 0.29) is 25.3 Å². The third kappa shape index (κ3) is 9.69. The lowest BCUT2D eigenvalue weighted by atomic mass is 10.1. The number of piperidine rings is 1. The average Bonchev–Trinajstić information content (AvgIpc) is 2.70. The van der Waals surface area contributed by atoms with Crippen LogP contribution >= 0.6 is 12.1 Å². The predicted molar refractivity (Wildman–Crippen MR) is 120 cm³/mol. The van der Waals surface area contributed by atoms with Crippen LogP contribution in [0.5, 0.6) is 5.88 Å². The fourth-order valence-corrected chi connectivity index (χ4v) is 3.35. The minimum absolute atomic E-state index is 0.0277. The number of likely N-dealkylation sites (tertiary alicyclic amines) is 1. The molecule has 0 atom stereocenters. The van der Waals surface area contributed by atoms with E-state index < -0.39 is 23.4 Å². The molecular weight excluding hydrogens is 421 g/mol. The second-order valence-corrected chi connectivity index (χ2v) is 8.87. The van der Waals surface area contributed by atoms with Crippen LogP contribution in [-0.2, 0) is 16.1 Å². The standard InChI is InChI=1S/C22H32FN3O4S/c1-22(2,3)30-21(28)26(20(27)17-31-23)13-7-8-14-29-19-15-18(9-10-24-19)16-25-11-5-4-6-12-25/h7-10,15H,4-6,11-14,16-17H2,1-3H3/b8-7-. The zero-order valence-corrected chi connectivity index (χ0v) is 19.3. The van der Waals surface area contributed by atoms with Crippen molar-refractivity contribution in [1.82, 2.24) is 14.8 Å². The van der Waals surface area contributed by atoms with E-state index in [0.29, 0.717) is 5.88 Å². The van der Waals surface area contributed by atoms with Gasteiger partial charge in [0.15, 0.2) is 0 Å². The number of pyridine rings is 1. The summed E-state index contributed by atoms with van der Waals surface area (Å²) in [6.07, 6.45) is 8.02. The van der Waals surface area contributed by atoms with Gasteiger partial charge in [-0.1, -0.05) is 12.5 Å². The summed E-state index contributed by atoms with van der Waals surface area (Å²) in [5.74, 6) is -0.579. The molecule has 0 radical (unpaired) electrons. The molecule has 1 aliphatic rings. The van der Waals surface area contributed by atoms with Crippen molar-refractivity contribution in [1.29, 1.82) is 0 Å². The number of carbonyl (C=O) groups excluding carboxylic acids is 2. The lowest BCUT2D eigenvalue weighted by Gasteiger charge is -2.26. The predicted octanol–water partition coefficient (Wildman–Crippen LogP) is 4.38. The number of hydrogen-bond donors (Lipinski definition) is 0. The minimum Gasteiger partial charge on any atom is -0.473 e. The van der Waals surface area contributed by atoms with Crippen LogP contribution in [-0.4, -0.2) is 64.4 Å². The van der Waals surface area contributed by atoms with Gasteiger partial charge in [0.1, 0.15) is 18.0 Å². The van der Waals surface area contributed by atoms with Crippen LogP contribution in [0.15, 0.2) is 30.5 Å². The van der Waals surface area contributed by atoms with E-state index in [1.54, 1.807) is 39.1 Å². The molecule has 2 rings (SSSR count). The van der Waals surface area contributed by atoms with Crippen LogP contribution in [0, 0.1) is 0 Å². The Morgan fingerprint density at radius 3 is 2.68 bits per heavy atom. The number of imide groups is 1. The van der Waals surface area contributed by atoms with E-state index in [4.69, 9.17) is 9.47 Å². The maximum Gasteiger partial charge on any atom is 0.417 e. The van der Waals surface area contributed by atoms with Crippen molar-refractivity contribution >= 4 is 24.1 Å². The Morgan fingerprint density at radius 2 is 2.00 bits per heavy atom. The molecule has 1 aliphatic heterocycles. The van der Waals surface area contributed by atoms with Gasteiger partial charge in [0, 0.05) is 18.8 Å². The third-order valence-corrected chi connectivity index (χ3v) is 4.89. The van der Waals surface area contributed by atoms with Crippen molar-refractivity contribution in [2.75, 3.05) is 32.0 Å². The van der Waals surface area contributed by atoms with E-state index in [9.17, 15) is 13.5 Å². The summed E-state index contributed by atoms with van der Waals surface area (Å²) in [5, 5.41) is 0. The fourth-order valence-electron chi connectivity index (χ4n) is 3.10. The van der Waals surface area contributed by atoms with Gasteiger partial charge >= 0.3 is 6.09 Å². The molecular formula is C22H32FN3O4S. The SMILES string of the molecule is CC(C)(C)OC(=O)N(C/C=C\COc1cc(CN2CCCCC2)ccn1)C(=O)CSF. The molecule has 0 bridgehead atoms. The minimum atomic E-state index is -0.802. The molecule has 0 aliphatic carbocycles. The lowest BCUT2D eigenvalue weighted by molar-refractivity contribution is -0.127. The molecule has 172 valence electrons. The van der Waals surface area contributed by atoms with Crippen molar-refractivity contribution in [3.8, 4) is 5.88 Å². The first-order chi connectivity index (χ1) is 14.8. The Bertz CT molecular complexity index is 749. The quantitative estimate of drug-likeness (QED) is 0.514. The highest BCUT2D eigenvalue weighted by atomic mass is 32.2. The number of hydrogen-bond acceptors (Lipinski definition) is 7. The number of rotatable bonds is 9. The molecule has 7 nitrogen and oxygen atoms in total. The van der Waals surface area contributed by atoms with Gasteiger partial charge in [0.05, 0.1) is 18.7 Å². The van der Waals surface area contributed by atoms with Gasteiger partial charge in [-0.15, -0.1) is 0 Å². The summed E-state index contributed by atoms with van der Waals surface area (Å²) in [6, 6.07) is 3.92. The van der Waals surface area contributed by atoms with Crippen molar-refractivity contribution < 1.29 is 22.9 Å². The van der Waals surface area contributed by atoms with Crippen LogP contribution in [0.4, 0.5) is 8.68 Å². The summed E-state index contributed by atoms with van der Waals surface area (Å²) < 4.78 is 23.4. The second kappa shape index (κ2) is 12.7. The van der Waals surface area contributed by atoms with Gasteiger partial charge in [-0.3, -0.25) is 9.69 Å². The summed E-state index contributed by atoms with van der Waals surface area (Å²) >= 11 is -0.131. The van der Waals surface area contributed by atoms with Gasteiger partial charge in [-0.25, -0.2) is 14.7 Å². The third-order valence-electron chi connectivity index (χ3n) is 4.53. The monoisotopic (exact) mass is 453 g/mol. The van der Waals surface area contributed by atoms with Gasteiger partial charge < -0.3 is 9.47 Å². The smallest absolute Gasteiger partial charge is 0.417 e. The highest BCUT2D eigenvalue weighted by Crippen LogP contribution is 2.16. The summed E-state index contributed by atoms with van der Waals surface area (Å²) in [6.45, 7) is 8.43. The van der Waals surface area contributed by atoms with Crippen molar-refractivity contribution in [3.05, 3.63) is 36.0 Å². The van der Waals surface area contributed by atoms with Crippen LogP contribution in [0.3, 0.4) is 0 Å². The molecule has 1 aromatic rings. The molecule has 0 N–H and O–H groups in total. The van der Waals surface area contributed by atoms with E-state index in [2.05, 4.69) is 9.88 Å². The Hall–Kier alpha value is -2.13. The molecule has 31 heavy (non-hydrogen) atoms. The Kier molecular flexibility index (Phi) is 10.3. The zero-order valence-electron chi connectivity index (χ0n) is 18.5. The van der Waals surface area contributed by atoms with E-state index in [0.717, 1.165) is 30.1 Å². The van der Waals surface area contributed by atoms with Gasteiger partial charge in [-0.05, 0) is 64.4 Å². The van der Waals surface area contributed by atoms with E-state index >= 15 is 0 Å². The molecule has 0 aromatic carbocycles. The average molecular weight is 454 g/mol. The van der Waals surface area contributed by atoms with Crippen LogP contribution in [0.25, 0.3) is 0 Å². The molecule has 2 amide bonds. The lowest BCUT2D eigenvalue weighted by Crippen LogP contribution is -2.41. The molecule has 2 heterocycles. The van der Waals surface area contributed by atoms with Gasteiger partial charge in [0.25, 0.3) is 0 Å². The second-order valence-electron chi connectivity index (χ2n) is 8.36. The van der Waals surface area contributed by atoms with Crippen LogP contribution in [0.2, 0.25) is 0 Å².